The lowest BCUT2D eigenvalue weighted by atomic mass is 10.4. The maximum atomic E-state index is 5.45. The van der Waals surface area contributed by atoms with Gasteiger partial charge in [-0.1, -0.05) is 12.2 Å². The van der Waals surface area contributed by atoms with Gasteiger partial charge in [0.05, 0.1) is 6.61 Å². The molecule has 0 aliphatic rings. The lowest BCUT2D eigenvalue weighted by Crippen LogP contribution is -2.21. The smallest absolute Gasteiger partial charge is 0.317 e. The van der Waals surface area contributed by atoms with Gasteiger partial charge in [0.1, 0.15) is 16.8 Å². The first-order chi connectivity index (χ1) is 7.63. The van der Waals surface area contributed by atoms with Crippen LogP contribution in [0, 0.1) is 0 Å². The molecule has 0 aliphatic heterocycles. The van der Waals surface area contributed by atoms with Gasteiger partial charge in [0.2, 0.25) is 0 Å². The fourth-order valence-corrected chi connectivity index (χ4v) is 1.15. The first-order valence-corrected chi connectivity index (χ1v) is 5.41. The maximum Gasteiger partial charge on any atom is 0.317 e. The SMILES string of the molecule is CCOCC(C)Oc1nccc(C(N)=S)n1. The molecule has 5 nitrogen and oxygen atoms in total. The van der Waals surface area contributed by atoms with E-state index in [1.807, 2.05) is 13.8 Å². The van der Waals surface area contributed by atoms with Gasteiger partial charge < -0.3 is 15.2 Å². The number of aromatic nitrogens is 2. The van der Waals surface area contributed by atoms with Gasteiger partial charge in [0, 0.05) is 12.8 Å². The topological polar surface area (TPSA) is 70.3 Å². The molecule has 88 valence electrons. The Morgan fingerprint density at radius 2 is 2.38 bits per heavy atom. The van der Waals surface area contributed by atoms with Crippen molar-refractivity contribution in [2.45, 2.75) is 20.0 Å². The summed E-state index contributed by atoms with van der Waals surface area (Å²) in [6, 6.07) is 1.90. The molecule has 1 heterocycles. The minimum absolute atomic E-state index is 0.110. The summed E-state index contributed by atoms with van der Waals surface area (Å²) in [5.74, 6) is 0. The summed E-state index contributed by atoms with van der Waals surface area (Å²) in [6.45, 7) is 4.96. The first kappa shape index (κ1) is 12.8. The lowest BCUT2D eigenvalue weighted by molar-refractivity contribution is 0.0607. The summed E-state index contributed by atoms with van der Waals surface area (Å²) >= 11 is 4.81. The third kappa shape index (κ3) is 4.08. The van der Waals surface area contributed by atoms with Crippen LogP contribution in [0.4, 0.5) is 0 Å². The Hall–Kier alpha value is -1.27. The Kier molecular flexibility index (Phi) is 5.07. The van der Waals surface area contributed by atoms with Gasteiger partial charge in [-0.25, -0.2) is 4.98 Å². The number of nitrogens with two attached hydrogens (primary N) is 1. The fourth-order valence-electron chi connectivity index (χ4n) is 1.03. The molecule has 0 bridgehead atoms. The molecule has 0 radical (unpaired) electrons. The summed E-state index contributed by atoms with van der Waals surface area (Å²) in [5.41, 5.74) is 5.96. The van der Waals surface area contributed by atoms with Gasteiger partial charge in [-0.05, 0) is 19.9 Å². The molecular weight excluding hydrogens is 226 g/mol. The summed E-state index contributed by atoms with van der Waals surface area (Å²) in [5, 5.41) is 0. The van der Waals surface area contributed by atoms with Crippen LogP contribution in [0.2, 0.25) is 0 Å². The number of hydrogen-bond donors (Lipinski definition) is 1. The van der Waals surface area contributed by atoms with Gasteiger partial charge in [0.15, 0.2) is 0 Å². The van der Waals surface area contributed by atoms with Crippen LogP contribution in [-0.4, -0.2) is 34.3 Å². The Bertz CT molecular complexity index is 360. The number of nitrogens with zero attached hydrogens (tertiary/aromatic N) is 2. The van der Waals surface area contributed by atoms with Gasteiger partial charge in [0.25, 0.3) is 0 Å². The highest BCUT2D eigenvalue weighted by Crippen LogP contribution is 2.05. The minimum Gasteiger partial charge on any atom is -0.458 e. The Labute approximate surface area is 100.0 Å². The lowest BCUT2D eigenvalue weighted by Gasteiger charge is -2.12. The zero-order chi connectivity index (χ0) is 12.0. The Balaban J connectivity index is 2.59. The quantitative estimate of drug-likeness (QED) is 0.747. The van der Waals surface area contributed by atoms with E-state index >= 15 is 0 Å². The highest BCUT2D eigenvalue weighted by Gasteiger charge is 2.07. The summed E-state index contributed by atoms with van der Waals surface area (Å²) < 4.78 is 10.7. The predicted octanol–water partition coefficient (Wildman–Crippen LogP) is 0.915. The molecule has 1 aromatic heterocycles. The van der Waals surface area contributed by atoms with E-state index in [4.69, 9.17) is 27.4 Å². The van der Waals surface area contributed by atoms with E-state index in [1.54, 1.807) is 12.3 Å². The van der Waals surface area contributed by atoms with Crippen LogP contribution in [0.3, 0.4) is 0 Å². The molecule has 0 amide bonds. The molecule has 0 aliphatic carbocycles. The summed E-state index contributed by atoms with van der Waals surface area (Å²) in [6.07, 6.45) is 1.45. The zero-order valence-electron chi connectivity index (χ0n) is 9.34. The van der Waals surface area contributed by atoms with Crippen molar-refractivity contribution in [3.63, 3.8) is 0 Å². The highest BCUT2D eigenvalue weighted by molar-refractivity contribution is 7.80. The van der Waals surface area contributed by atoms with E-state index in [1.165, 1.54) is 0 Å². The van der Waals surface area contributed by atoms with Gasteiger partial charge >= 0.3 is 6.01 Å². The monoisotopic (exact) mass is 241 g/mol. The Morgan fingerprint density at radius 3 is 3.00 bits per heavy atom. The van der Waals surface area contributed by atoms with Crippen LogP contribution in [-0.2, 0) is 4.74 Å². The van der Waals surface area contributed by atoms with Crippen LogP contribution in [0.15, 0.2) is 12.3 Å². The van der Waals surface area contributed by atoms with Gasteiger partial charge in [-0.15, -0.1) is 0 Å². The van der Waals surface area contributed by atoms with Crippen molar-refractivity contribution in [2.75, 3.05) is 13.2 Å². The second-order valence-corrected chi connectivity index (χ2v) is 3.62. The van der Waals surface area contributed by atoms with Gasteiger partial charge in [-0.2, -0.15) is 4.98 Å². The molecule has 2 N–H and O–H groups in total. The molecule has 6 heteroatoms. The highest BCUT2D eigenvalue weighted by atomic mass is 32.1. The Morgan fingerprint density at radius 1 is 1.62 bits per heavy atom. The number of hydrogen-bond acceptors (Lipinski definition) is 5. The van der Waals surface area contributed by atoms with Crippen molar-refractivity contribution in [2.24, 2.45) is 5.73 Å². The predicted molar refractivity (Wildman–Crippen MR) is 64.5 cm³/mol. The molecule has 1 atom stereocenters. The van der Waals surface area contributed by atoms with Crippen molar-refractivity contribution < 1.29 is 9.47 Å². The van der Waals surface area contributed by atoms with Crippen molar-refractivity contribution in [1.82, 2.24) is 9.97 Å². The van der Waals surface area contributed by atoms with Crippen molar-refractivity contribution >= 4 is 17.2 Å². The van der Waals surface area contributed by atoms with E-state index in [2.05, 4.69) is 9.97 Å². The van der Waals surface area contributed by atoms with Gasteiger partial charge in [-0.3, -0.25) is 0 Å². The molecule has 0 aromatic carbocycles. The molecule has 0 saturated carbocycles. The zero-order valence-corrected chi connectivity index (χ0v) is 10.2. The largest absolute Gasteiger partial charge is 0.458 e. The average molecular weight is 241 g/mol. The molecule has 16 heavy (non-hydrogen) atoms. The van der Waals surface area contributed by atoms with E-state index in [0.717, 1.165) is 0 Å². The van der Waals surface area contributed by atoms with E-state index in [0.29, 0.717) is 18.9 Å². The summed E-state index contributed by atoms with van der Waals surface area (Å²) in [4.78, 5) is 8.26. The van der Waals surface area contributed by atoms with E-state index < -0.39 is 0 Å². The molecule has 0 fully saturated rings. The van der Waals surface area contributed by atoms with Crippen LogP contribution in [0.5, 0.6) is 6.01 Å². The molecule has 1 rings (SSSR count). The standard InChI is InChI=1S/C10H15N3O2S/c1-3-14-6-7(2)15-10-12-5-4-8(13-10)9(11)16/h4-5,7H,3,6H2,1-2H3,(H2,11,16). The fraction of sp³-hybridized carbons (Fsp3) is 0.500. The molecule has 0 saturated heterocycles. The number of rotatable bonds is 6. The van der Waals surface area contributed by atoms with Crippen LogP contribution >= 0.6 is 12.2 Å². The average Bonchev–Trinajstić information content (AvgIpc) is 2.26. The first-order valence-electron chi connectivity index (χ1n) is 5.00. The summed E-state index contributed by atoms with van der Waals surface area (Å²) in [7, 11) is 0. The third-order valence-electron chi connectivity index (χ3n) is 1.75. The van der Waals surface area contributed by atoms with Crippen LogP contribution in [0.1, 0.15) is 19.5 Å². The van der Waals surface area contributed by atoms with Crippen molar-refractivity contribution in [3.8, 4) is 6.01 Å². The molecular formula is C10H15N3O2S. The van der Waals surface area contributed by atoms with Crippen molar-refractivity contribution in [1.29, 1.82) is 0 Å². The molecule has 0 spiro atoms. The second kappa shape index (κ2) is 6.34. The van der Waals surface area contributed by atoms with Crippen molar-refractivity contribution in [3.05, 3.63) is 18.0 Å². The third-order valence-corrected chi connectivity index (χ3v) is 1.96. The normalized spacial score (nSPS) is 12.1. The van der Waals surface area contributed by atoms with Crippen LogP contribution < -0.4 is 10.5 Å². The number of ether oxygens (including phenoxy) is 2. The molecule has 1 aromatic rings. The maximum absolute atomic E-state index is 5.45. The van der Waals surface area contributed by atoms with Crippen LogP contribution in [0.25, 0.3) is 0 Å². The second-order valence-electron chi connectivity index (χ2n) is 3.18. The van der Waals surface area contributed by atoms with E-state index in [9.17, 15) is 0 Å². The molecule has 1 unspecified atom stereocenters. The van der Waals surface area contributed by atoms with E-state index in [-0.39, 0.29) is 17.1 Å². The number of thiocarbonyl (C=S) groups is 1. The minimum atomic E-state index is -0.110.